The minimum Gasteiger partial charge on any atom is -0.353 e. The maximum Gasteiger partial charge on any atom is 0.146 e. The van der Waals surface area contributed by atoms with Gasteiger partial charge < -0.3 is 9.80 Å². The van der Waals surface area contributed by atoms with Gasteiger partial charge in [0, 0.05) is 44.4 Å². The van der Waals surface area contributed by atoms with Crippen LogP contribution < -0.4 is 9.80 Å². The summed E-state index contributed by atoms with van der Waals surface area (Å²) in [6, 6.07) is 7.65. The van der Waals surface area contributed by atoms with Crippen LogP contribution in [0.2, 0.25) is 5.15 Å². The second-order valence-electron chi connectivity index (χ2n) is 6.14. The zero-order valence-corrected chi connectivity index (χ0v) is 13.9. The van der Waals surface area contributed by atoms with Gasteiger partial charge in [0.2, 0.25) is 0 Å². The normalized spacial score (nSPS) is 17.7. The molecule has 7 heteroatoms. The molecule has 6 nitrogen and oxygen atoms in total. The van der Waals surface area contributed by atoms with Gasteiger partial charge in [-0.1, -0.05) is 11.6 Å². The quantitative estimate of drug-likeness (QED) is 0.800. The van der Waals surface area contributed by atoms with Crippen molar-refractivity contribution in [2.45, 2.75) is 18.8 Å². The second-order valence-corrected chi connectivity index (χ2v) is 6.53. The van der Waals surface area contributed by atoms with Gasteiger partial charge in [0.05, 0.1) is 5.56 Å². The zero-order valence-electron chi connectivity index (χ0n) is 13.2. The number of hydrogen-bond acceptors (Lipinski definition) is 6. The van der Waals surface area contributed by atoms with Crippen LogP contribution in [0.4, 0.5) is 11.6 Å². The van der Waals surface area contributed by atoms with Gasteiger partial charge in [-0.15, -0.1) is 0 Å². The molecule has 0 aromatic carbocycles. The monoisotopic (exact) mass is 340 g/mol. The highest BCUT2D eigenvalue weighted by Crippen LogP contribution is 2.39. The fourth-order valence-corrected chi connectivity index (χ4v) is 3.18. The van der Waals surface area contributed by atoms with E-state index in [4.69, 9.17) is 16.6 Å². The molecule has 0 bridgehead atoms. The number of nitrogens with zero attached hydrogens (tertiary/aromatic N) is 6. The van der Waals surface area contributed by atoms with E-state index in [0.29, 0.717) is 16.6 Å². The molecule has 0 N–H and O–H groups in total. The van der Waals surface area contributed by atoms with E-state index in [1.165, 1.54) is 0 Å². The maximum absolute atomic E-state index is 9.24. The minimum atomic E-state index is 0.482. The summed E-state index contributed by atoms with van der Waals surface area (Å²) >= 11 is 6.17. The second kappa shape index (κ2) is 6.25. The van der Waals surface area contributed by atoms with E-state index < -0.39 is 0 Å². The molecule has 4 rings (SSSR count). The molecule has 3 heterocycles. The first-order valence-corrected chi connectivity index (χ1v) is 8.52. The molecule has 24 heavy (non-hydrogen) atoms. The maximum atomic E-state index is 9.24. The fourth-order valence-electron chi connectivity index (χ4n) is 2.99. The molecule has 0 spiro atoms. The Kier molecular flexibility index (Phi) is 3.95. The van der Waals surface area contributed by atoms with E-state index in [1.807, 2.05) is 6.07 Å². The molecule has 0 unspecified atom stereocenters. The summed E-state index contributed by atoms with van der Waals surface area (Å²) in [7, 11) is 0. The number of nitriles is 1. The molecule has 2 aliphatic rings. The Morgan fingerprint density at radius 1 is 1.12 bits per heavy atom. The molecular formula is C17H17ClN6. The van der Waals surface area contributed by atoms with Crippen LogP contribution >= 0.6 is 11.6 Å². The molecule has 1 saturated carbocycles. The predicted octanol–water partition coefficient (Wildman–Crippen LogP) is 2.60. The van der Waals surface area contributed by atoms with Crippen molar-refractivity contribution in [2.75, 3.05) is 36.0 Å². The lowest BCUT2D eigenvalue weighted by Gasteiger charge is -2.36. The van der Waals surface area contributed by atoms with Crippen LogP contribution in [0.1, 0.15) is 30.1 Å². The van der Waals surface area contributed by atoms with Gasteiger partial charge in [-0.3, -0.25) is 0 Å². The van der Waals surface area contributed by atoms with Crippen LogP contribution in [-0.2, 0) is 0 Å². The summed E-state index contributed by atoms with van der Waals surface area (Å²) in [5.41, 5.74) is 0.618. The molecule has 1 aliphatic carbocycles. The number of pyridine rings is 1. The Hall–Kier alpha value is -2.39. The van der Waals surface area contributed by atoms with Crippen molar-refractivity contribution in [3.8, 4) is 6.07 Å². The average Bonchev–Trinajstić information content (AvgIpc) is 3.46. The van der Waals surface area contributed by atoms with E-state index in [0.717, 1.165) is 56.5 Å². The first-order chi connectivity index (χ1) is 11.7. The Bertz CT molecular complexity index is 790. The Balaban J connectivity index is 1.49. The number of rotatable bonds is 3. The molecule has 122 valence electrons. The van der Waals surface area contributed by atoms with Gasteiger partial charge in [0.25, 0.3) is 0 Å². The van der Waals surface area contributed by atoms with Crippen molar-refractivity contribution in [2.24, 2.45) is 0 Å². The number of aromatic nitrogens is 3. The first kappa shape index (κ1) is 15.2. The van der Waals surface area contributed by atoms with Gasteiger partial charge in [-0.05, 0) is 25.0 Å². The van der Waals surface area contributed by atoms with E-state index in [9.17, 15) is 5.26 Å². The summed E-state index contributed by atoms with van der Waals surface area (Å²) < 4.78 is 0. The molecule has 0 radical (unpaired) electrons. The lowest BCUT2D eigenvalue weighted by molar-refractivity contribution is 0.638. The van der Waals surface area contributed by atoms with Crippen molar-refractivity contribution >= 4 is 23.2 Å². The zero-order chi connectivity index (χ0) is 16.5. The number of halogens is 1. The molecule has 2 aromatic heterocycles. The van der Waals surface area contributed by atoms with Crippen molar-refractivity contribution < 1.29 is 0 Å². The van der Waals surface area contributed by atoms with Crippen LogP contribution in [0.5, 0.6) is 0 Å². The molecular weight excluding hydrogens is 324 g/mol. The number of piperazine rings is 1. The summed E-state index contributed by atoms with van der Waals surface area (Å²) in [6.07, 6.45) is 4.04. The Labute approximate surface area is 145 Å². The van der Waals surface area contributed by atoms with Gasteiger partial charge in [0.15, 0.2) is 0 Å². The smallest absolute Gasteiger partial charge is 0.146 e. The first-order valence-electron chi connectivity index (χ1n) is 8.14. The third-order valence-electron chi connectivity index (χ3n) is 4.45. The topological polar surface area (TPSA) is 68.9 Å². The van der Waals surface area contributed by atoms with E-state index in [-0.39, 0.29) is 0 Å². The molecule has 2 fully saturated rings. The van der Waals surface area contributed by atoms with Crippen molar-refractivity contribution in [3.05, 3.63) is 40.9 Å². The van der Waals surface area contributed by atoms with Crippen LogP contribution in [0.25, 0.3) is 0 Å². The summed E-state index contributed by atoms with van der Waals surface area (Å²) in [6.45, 7) is 3.23. The van der Waals surface area contributed by atoms with Crippen LogP contribution in [-0.4, -0.2) is 41.1 Å². The minimum absolute atomic E-state index is 0.482. The number of anilines is 2. The summed E-state index contributed by atoms with van der Waals surface area (Å²) in [5, 5.41) is 9.75. The Morgan fingerprint density at radius 3 is 2.58 bits per heavy atom. The fraction of sp³-hybridized carbons (Fsp3) is 0.412. The third-order valence-corrected chi connectivity index (χ3v) is 4.65. The third kappa shape index (κ3) is 3.00. The molecule has 1 aliphatic heterocycles. The molecule has 0 amide bonds. The van der Waals surface area contributed by atoms with Gasteiger partial charge in [0.1, 0.15) is 28.7 Å². The highest BCUT2D eigenvalue weighted by molar-refractivity contribution is 6.29. The standard InChI is InChI=1S/C17H17ClN6/c18-14-10-15(22-16(21-14)12-3-4-12)23-6-8-24(9-7-23)17-13(11-19)2-1-5-20-17/h1-2,5,10,12H,3-4,6-9H2. The van der Waals surface area contributed by atoms with Crippen LogP contribution in [0, 0.1) is 11.3 Å². The molecule has 2 aromatic rings. The van der Waals surface area contributed by atoms with E-state index in [1.54, 1.807) is 18.3 Å². The summed E-state index contributed by atoms with van der Waals surface area (Å²) in [4.78, 5) is 17.8. The highest BCUT2D eigenvalue weighted by atomic mass is 35.5. The summed E-state index contributed by atoms with van der Waals surface area (Å²) in [5.74, 6) is 3.02. The lowest BCUT2D eigenvalue weighted by Crippen LogP contribution is -2.47. The van der Waals surface area contributed by atoms with Gasteiger partial charge >= 0.3 is 0 Å². The van der Waals surface area contributed by atoms with Gasteiger partial charge in [-0.25, -0.2) is 15.0 Å². The molecule has 0 atom stereocenters. The van der Waals surface area contributed by atoms with Crippen molar-refractivity contribution in [1.82, 2.24) is 15.0 Å². The van der Waals surface area contributed by atoms with Crippen LogP contribution in [0.15, 0.2) is 24.4 Å². The Morgan fingerprint density at radius 2 is 1.88 bits per heavy atom. The van der Waals surface area contributed by atoms with Crippen molar-refractivity contribution in [3.63, 3.8) is 0 Å². The largest absolute Gasteiger partial charge is 0.353 e. The van der Waals surface area contributed by atoms with E-state index in [2.05, 4.69) is 25.8 Å². The predicted molar refractivity (Wildman–Crippen MR) is 92.4 cm³/mol. The molecule has 1 saturated heterocycles. The SMILES string of the molecule is N#Cc1cccnc1N1CCN(c2cc(Cl)nc(C3CC3)n2)CC1. The van der Waals surface area contributed by atoms with Gasteiger partial charge in [-0.2, -0.15) is 5.26 Å². The number of hydrogen-bond donors (Lipinski definition) is 0. The highest BCUT2D eigenvalue weighted by Gasteiger charge is 2.28. The van der Waals surface area contributed by atoms with E-state index >= 15 is 0 Å². The average molecular weight is 341 g/mol. The lowest BCUT2D eigenvalue weighted by atomic mass is 10.2. The van der Waals surface area contributed by atoms with Crippen LogP contribution in [0.3, 0.4) is 0 Å². The van der Waals surface area contributed by atoms with Crippen molar-refractivity contribution in [1.29, 1.82) is 5.26 Å².